The number of aliphatic hydroxyl groups is 1. The van der Waals surface area contributed by atoms with Crippen LogP contribution in [-0.2, 0) is 12.8 Å². The summed E-state index contributed by atoms with van der Waals surface area (Å²) in [5.74, 6) is -0.870. The molecule has 0 saturated heterocycles. The molecule has 4 aromatic rings. The van der Waals surface area contributed by atoms with E-state index in [1.54, 1.807) is 36.4 Å². The number of fused-ring (bicyclic) bond motifs is 1. The molecule has 0 radical (unpaired) electrons. The van der Waals surface area contributed by atoms with Gasteiger partial charge in [-0.15, -0.1) is 0 Å². The zero-order valence-electron chi connectivity index (χ0n) is 23.5. The van der Waals surface area contributed by atoms with Crippen LogP contribution in [-0.4, -0.2) is 29.6 Å². The van der Waals surface area contributed by atoms with Gasteiger partial charge < -0.3 is 15.2 Å². The number of benzene rings is 4. The van der Waals surface area contributed by atoms with E-state index in [0.29, 0.717) is 21.7 Å². The summed E-state index contributed by atoms with van der Waals surface area (Å²) in [5, 5.41) is 15.1. The van der Waals surface area contributed by atoms with Crippen LogP contribution in [0.25, 0.3) is 17.2 Å². The van der Waals surface area contributed by atoms with Gasteiger partial charge in [-0.2, -0.15) is 17.6 Å². The van der Waals surface area contributed by atoms with E-state index in [1.165, 1.54) is 12.1 Å². The maximum atomic E-state index is 13.7. The van der Waals surface area contributed by atoms with Crippen molar-refractivity contribution in [3.63, 3.8) is 0 Å². The third-order valence-electron chi connectivity index (χ3n) is 7.53. The molecule has 4 nitrogen and oxygen atoms in total. The SMILES string of the molecule is O=C(NC(Cc1cccc(OC(F)(F)C(F)F)c1)C(O)c1ccc(-c2ccc(Cl)cc2)cc1)c1cccc2c1C=CCCC2. The topological polar surface area (TPSA) is 58.6 Å². The number of amides is 1. The number of allylic oxidation sites excluding steroid dienone is 1. The zero-order valence-corrected chi connectivity index (χ0v) is 24.3. The Balaban J connectivity index is 1.44. The average Bonchev–Trinajstić information content (AvgIpc) is 3.26. The van der Waals surface area contributed by atoms with Crippen LogP contribution in [0.2, 0.25) is 5.02 Å². The summed E-state index contributed by atoms with van der Waals surface area (Å²) in [6.07, 6.45) is -3.25. The van der Waals surface area contributed by atoms with Gasteiger partial charge in [-0.1, -0.05) is 84.4 Å². The fraction of sp³-hybridized carbons (Fsp3) is 0.229. The summed E-state index contributed by atoms with van der Waals surface area (Å²) < 4.78 is 56.9. The largest absolute Gasteiger partial charge is 0.461 e. The van der Waals surface area contributed by atoms with Gasteiger partial charge in [0.1, 0.15) is 5.75 Å². The molecule has 0 heterocycles. The minimum absolute atomic E-state index is 0.00580. The van der Waals surface area contributed by atoms with Crippen LogP contribution < -0.4 is 10.1 Å². The molecule has 0 aliphatic heterocycles. The van der Waals surface area contributed by atoms with Crippen LogP contribution in [0.3, 0.4) is 0 Å². The van der Waals surface area contributed by atoms with Crippen molar-refractivity contribution in [2.75, 3.05) is 0 Å². The van der Waals surface area contributed by atoms with Gasteiger partial charge >= 0.3 is 12.5 Å². The monoisotopic (exact) mass is 623 g/mol. The molecule has 1 aliphatic rings. The van der Waals surface area contributed by atoms with E-state index in [9.17, 15) is 27.5 Å². The summed E-state index contributed by atoms with van der Waals surface area (Å²) in [4.78, 5) is 13.7. The molecule has 0 aromatic heterocycles. The normalized spacial score (nSPS) is 14.4. The summed E-state index contributed by atoms with van der Waals surface area (Å²) in [7, 11) is 0. The van der Waals surface area contributed by atoms with Crippen LogP contribution in [0, 0.1) is 0 Å². The van der Waals surface area contributed by atoms with Crippen molar-refractivity contribution in [2.24, 2.45) is 0 Å². The Bertz CT molecular complexity index is 1620. The van der Waals surface area contributed by atoms with E-state index in [2.05, 4.69) is 10.1 Å². The van der Waals surface area contributed by atoms with E-state index in [4.69, 9.17) is 11.6 Å². The number of alkyl halides is 4. The quantitative estimate of drug-likeness (QED) is 0.174. The minimum atomic E-state index is -4.67. The lowest BCUT2D eigenvalue weighted by Gasteiger charge is -2.26. The highest BCUT2D eigenvalue weighted by atomic mass is 35.5. The average molecular weight is 624 g/mol. The molecule has 0 bridgehead atoms. The molecule has 0 saturated carbocycles. The Kier molecular flexibility index (Phi) is 9.71. The first kappa shape index (κ1) is 31.3. The van der Waals surface area contributed by atoms with Crippen LogP contribution in [0.15, 0.2) is 97.1 Å². The number of ether oxygens (including phenoxy) is 1. The molecule has 2 N–H and O–H groups in total. The highest BCUT2D eigenvalue weighted by Crippen LogP contribution is 2.30. The number of hydrogen-bond donors (Lipinski definition) is 2. The number of rotatable bonds is 10. The van der Waals surface area contributed by atoms with Gasteiger partial charge in [-0.25, -0.2) is 0 Å². The van der Waals surface area contributed by atoms with Crippen molar-refractivity contribution in [3.8, 4) is 16.9 Å². The second-order valence-electron chi connectivity index (χ2n) is 10.6. The van der Waals surface area contributed by atoms with Crippen molar-refractivity contribution in [3.05, 3.63) is 130 Å². The van der Waals surface area contributed by atoms with Gasteiger partial charge in [0.05, 0.1) is 12.1 Å². The Morgan fingerprint density at radius 3 is 2.34 bits per heavy atom. The molecular weight excluding hydrogens is 594 g/mol. The Hall–Kier alpha value is -4.14. The molecule has 2 atom stereocenters. The number of aliphatic hydroxyl groups excluding tert-OH is 1. The van der Waals surface area contributed by atoms with Gasteiger partial charge in [0.25, 0.3) is 5.91 Å². The molecule has 228 valence electrons. The summed E-state index contributed by atoms with van der Waals surface area (Å²) in [5.41, 5.74) is 5.03. The second-order valence-corrected chi connectivity index (χ2v) is 11.1. The predicted molar refractivity (Wildman–Crippen MR) is 163 cm³/mol. The number of carbonyl (C=O) groups excluding carboxylic acids is 1. The van der Waals surface area contributed by atoms with Gasteiger partial charge in [-0.3, -0.25) is 4.79 Å². The molecule has 5 rings (SSSR count). The number of carbonyl (C=O) groups is 1. The number of aryl methyl sites for hydroxylation is 1. The van der Waals surface area contributed by atoms with Crippen LogP contribution in [0.1, 0.15) is 51.6 Å². The van der Waals surface area contributed by atoms with Crippen LogP contribution >= 0.6 is 11.6 Å². The van der Waals surface area contributed by atoms with Crippen LogP contribution in [0.4, 0.5) is 17.6 Å². The fourth-order valence-corrected chi connectivity index (χ4v) is 5.39. The third kappa shape index (κ3) is 7.49. The van der Waals surface area contributed by atoms with Crippen molar-refractivity contribution in [2.45, 2.75) is 50.4 Å². The van der Waals surface area contributed by atoms with E-state index in [-0.39, 0.29) is 6.42 Å². The molecule has 0 fully saturated rings. The highest BCUT2D eigenvalue weighted by molar-refractivity contribution is 6.30. The Morgan fingerprint density at radius 1 is 0.955 bits per heavy atom. The van der Waals surface area contributed by atoms with E-state index < -0.39 is 36.3 Å². The van der Waals surface area contributed by atoms with Crippen LogP contribution in [0.5, 0.6) is 5.75 Å². The highest BCUT2D eigenvalue weighted by Gasteiger charge is 2.44. The smallest absolute Gasteiger partial charge is 0.428 e. The first-order valence-corrected chi connectivity index (χ1v) is 14.6. The lowest BCUT2D eigenvalue weighted by molar-refractivity contribution is -0.253. The van der Waals surface area contributed by atoms with Gasteiger partial charge in [0.15, 0.2) is 0 Å². The molecule has 0 spiro atoms. The molecule has 9 heteroatoms. The van der Waals surface area contributed by atoms with Crippen molar-refractivity contribution in [1.82, 2.24) is 5.32 Å². The van der Waals surface area contributed by atoms with E-state index in [0.717, 1.165) is 47.6 Å². The zero-order chi connectivity index (χ0) is 31.3. The molecular formula is C35H30ClF4NO3. The molecule has 44 heavy (non-hydrogen) atoms. The summed E-state index contributed by atoms with van der Waals surface area (Å²) in [6.45, 7) is 0. The maximum absolute atomic E-state index is 13.7. The lowest BCUT2D eigenvalue weighted by atomic mass is 9.93. The molecule has 1 amide bonds. The Morgan fingerprint density at radius 2 is 1.64 bits per heavy atom. The predicted octanol–water partition coefficient (Wildman–Crippen LogP) is 8.67. The first-order chi connectivity index (χ1) is 21.1. The molecule has 2 unspecified atom stereocenters. The van der Waals surface area contributed by atoms with Gasteiger partial charge in [-0.05, 0) is 89.4 Å². The van der Waals surface area contributed by atoms with Gasteiger partial charge in [0, 0.05) is 10.6 Å². The van der Waals surface area contributed by atoms with Crippen molar-refractivity contribution in [1.29, 1.82) is 0 Å². The molecule has 1 aliphatic carbocycles. The lowest BCUT2D eigenvalue weighted by Crippen LogP contribution is -2.41. The van der Waals surface area contributed by atoms with Crippen molar-refractivity contribution < 1.29 is 32.2 Å². The standard InChI is InChI=1S/C35H30ClF4NO3/c36-27-18-16-24(17-19-27)23-12-14-26(15-13-23)32(42)31(21-22-6-4-9-28(20-22)44-35(39,40)34(37)38)41-33(43)30-11-5-8-25-7-2-1-3-10-29(25)30/h3-6,8-20,31-32,34,42H,1-2,7,21H2,(H,41,43). The minimum Gasteiger partial charge on any atom is -0.428 e. The number of hydrogen-bond acceptors (Lipinski definition) is 3. The first-order valence-electron chi connectivity index (χ1n) is 14.2. The van der Waals surface area contributed by atoms with Crippen molar-refractivity contribution >= 4 is 23.6 Å². The maximum Gasteiger partial charge on any atom is 0.461 e. The third-order valence-corrected chi connectivity index (χ3v) is 7.78. The van der Waals surface area contributed by atoms with Gasteiger partial charge in [0.2, 0.25) is 0 Å². The fourth-order valence-electron chi connectivity index (χ4n) is 5.26. The second kappa shape index (κ2) is 13.7. The summed E-state index contributed by atoms with van der Waals surface area (Å²) >= 11 is 6.01. The van der Waals surface area contributed by atoms with E-state index in [1.807, 2.05) is 48.6 Å². The molecule has 4 aromatic carbocycles. The Labute approximate surface area is 258 Å². The number of halogens is 5. The summed E-state index contributed by atoms with van der Waals surface area (Å²) in [6, 6.07) is 24.4. The number of nitrogens with one attached hydrogen (secondary N) is 1. The van der Waals surface area contributed by atoms with E-state index >= 15 is 0 Å².